The van der Waals surface area contributed by atoms with Gasteiger partial charge in [0.05, 0.1) is 23.1 Å². The Labute approximate surface area is 211 Å². The number of rotatable bonds is 8. The highest BCUT2D eigenvalue weighted by atomic mass is 19.4. The lowest BCUT2D eigenvalue weighted by molar-refractivity contribution is -0.274. The van der Waals surface area contributed by atoms with E-state index in [2.05, 4.69) is 15.0 Å². The molecule has 0 atom stereocenters. The molecule has 1 aliphatic carbocycles. The summed E-state index contributed by atoms with van der Waals surface area (Å²) in [4.78, 5) is 16.6. The molecule has 0 unspecified atom stereocenters. The number of carbonyl (C=O) groups is 1. The van der Waals surface area contributed by atoms with Crippen molar-refractivity contribution in [2.45, 2.75) is 31.7 Å². The summed E-state index contributed by atoms with van der Waals surface area (Å²) >= 11 is 0. The van der Waals surface area contributed by atoms with E-state index < -0.39 is 6.36 Å². The number of hydrogen-bond donors (Lipinski definition) is 1. The van der Waals surface area contributed by atoms with Gasteiger partial charge in [-0.25, -0.2) is 9.78 Å². The summed E-state index contributed by atoms with van der Waals surface area (Å²) in [5.74, 6) is 0.479. The molecular formula is C28H23F3N2O4. The molecule has 5 rings (SSSR count). The summed E-state index contributed by atoms with van der Waals surface area (Å²) < 4.78 is 53.1. The third-order valence-corrected chi connectivity index (χ3v) is 6.08. The van der Waals surface area contributed by atoms with Crippen molar-refractivity contribution >= 4 is 22.6 Å². The maximum Gasteiger partial charge on any atom is 0.573 e. The minimum Gasteiger partial charge on any atom is -0.462 e. The van der Waals surface area contributed by atoms with E-state index in [0.717, 1.165) is 23.8 Å². The SMILES string of the molecule is CCOC(=O)c1ccc(C2(Nc3nccc4cccc(Oc5cccc(OC(F)(F)F)c5)c34)CC2)cc1. The van der Waals surface area contributed by atoms with Gasteiger partial charge in [-0.3, -0.25) is 0 Å². The van der Waals surface area contributed by atoms with Crippen LogP contribution in [0.5, 0.6) is 17.2 Å². The maximum absolute atomic E-state index is 12.7. The van der Waals surface area contributed by atoms with E-state index in [1.165, 1.54) is 18.2 Å². The minimum absolute atomic E-state index is 0.194. The van der Waals surface area contributed by atoms with Gasteiger partial charge in [0, 0.05) is 12.3 Å². The maximum atomic E-state index is 12.7. The Morgan fingerprint density at radius 2 is 1.73 bits per heavy atom. The summed E-state index contributed by atoms with van der Waals surface area (Å²) in [5, 5.41) is 5.10. The zero-order valence-corrected chi connectivity index (χ0v) is 19.8. The average molecular weight is 508 g/mol. The molecule has 37 heavy (non-hydrogen) atoms. The Hall–Kier alpha value is -4.27. The zero-order valence-electron chi connectivity index (χ0n) is 19.8. The van der Waals surface area contributed by atoms with Crippen molar-refractivity contribution in [3.63, 3.8) is 0 Å². The number of halogens is 3. The van der Waals surface area contributed by atoms with Crippen molar-refractivity contribution < 1.29 is 32.2 Å². The highest BCUT2D eigenvalue weighted by Gasteiger charge is 2.45. The first-order valence-corrected chi connectivity index (χ1v) is 11.7. The number of alkyl halides is 3. The summed E-state index contributed by atoms with van der Waals surface area (Å²) in [5.41, 5.74) is 1.13. The molecule has 6 nitrogen and oxygen atoms in total. The van der Waals surface area contributed by atoms with Gasteiger partial charge in [0.1, 0.15) is 23.1 Å². The van der Waals surface area contributed by atoms with E-state index in [4.69, 9.17) is 9.47 Å². The molecule has 1 fully saturated rings. The molecule has 0 radical (unpaired) electrons. The third-order valence-electron chi connectivity index (χ3n) is 6.08. The predicted octanol–water partition coefficient (Wildman–Crippen LogP) is 7.20. The number of pyridine rings is 1. The number of hydrogen-bond acceptors (Lipinski definition) is 6. The van der Waals surface area contributed by atoms with Crippen LogP contribution in [-0.4, -0.2) is 23.9 Å². The van der Waals surface area contributed by atoms with Gasteiger partial charge in [-0.1, -0.05) is 30.3 Å². The Morgan fingerprint density at radius 3 is 2.43 bits per heavy atom. The van der Waals surface area contributed by atoms with E-state index in [0.29, 0.717) is 29.1 Å². The van der Waals surface area contributed by atoms with Crippen LogP contribution < -0.4 is 14.8 Å². The number of benzene rings is 3. The molecule has 0 saturated heterocycles. The van der Waals surface area contributed by atoms with Gasteiger partial charge in [0.25, 0.3) is 0 Å². The van der Waals surface area contributed by atoms with Gasteiger partial charge >= 0.3 is 12.3 Å². The highest BCUT2D eigenvalue weighted by molar-refractivity contribution is 5.97. The van der Waals surface area contributed by atoms with Gasteiger partial charge < -0.3 is 19.5 Å². The molecule has 1 aromatic heterocycles. The fourth-order valence-electron chi connectivity index (χ4n) is 4.22. The monoisotopic (exact) mass is 508 g/mol. The van der Waals surface area contributed by atoms with Crippen molar-refractivity contribution in [3.05, 3.63) is 90.1 Å². The molecule has 9 heteroatoms. The van der Waals surface area contributed by atoms with Crippen LogP contribution in [0.15, 0.2) is 79.0 Å². The standard InChI is InChI=1S/C28H23F3N2O4/c1-2-35-26(34)19-9-11-20(12-10-19)27(14-15-27)33-25-24-18(13-16-32-25)5-3-8-23(24)36-21-6-4-7-22(17-21)37-28(29,30)31/h3-13,16-17H,2,14-15H2,1H3,(H,32,33). The lowest BCUT2D eigenvalue weighted by atomic mass is 10.0. The fourth-order valence-corrected chi connectivity index (χ4v) is 4.22. The largest absolute Gasteiger partial charge is 0.573 e. The number of nitrogens with one attached hydrogen (secondary N) is 1. The second-order valence-electron chi connectivity index (χ2n) is 8.64. The highest BCUT2D eigenvalue weighted by Crippen LogP contribution is 2.49. The first-order valence-electron chi connectivity index (χ1n) is 11.7. The van der Waals surface area contributed by atoms with Crippen molar-refractivity contribution in [1.29, 1.82) is 0 Å². The molecule has 190 valence electrons. The van der Waals surface area contributed by atoms with Crippen molar-refractivity contribution in [2.75, 3.05) is 11.9 Å². The molecule has 1 heterocycles. The smallest absolute Gasteiger partial charge is 0.462 e. The number of ether oxygens (including phenoxy) is 3. The van der Waals surface area contributed by atoms with Crippen LogP contribution in [0.1, 0.15) is 35.7 Å². The molecule has 0 bridgehead atoms. The van der Waals surface area contributed by atoms with E-state index in [9.17, 15) is 18.0 Å². The van der Waals surface area contributed by atoms with E-state index in [-0.39, 0.29) is 23.0 Å². The van der Waals surface area contributed by atoms with Crippen molar-refractivity contribution in [3.8, 4) is 17.2 Å². The van der Waals surface area contributed by atoms with Crippen LogP contribution in [-0.2, 0) is 10.3 Å². The number of anilines is 1. The van der Waals surface area contributed by atoms with E-state index in [1.54, 1.807) is 43.5 Å². The van der Waals surface area contributed by atoms with Gasteiger partial charge in [-0.15, -0.1) is 13.2 Å². The third kappa shape index (κ3) is 5.45. The lowest BCUT2D eigenvalue weighted by Crippen LogP contribution is -2.20. The molecular weight excluding hydrogens is 485 g/mol. The summed E-state index contributed by atoms with van der Waals surface area (Å²) in [7, 11) is 0. The molecule has 1 N–H and O–H groups in total. The number of esters is 1. The molecule has 1 aliphatic rings. The van der Waals surface area contributed by atoms with Gasteiger partial charge in [-0.05, 0) is 67.1 Å². The lowest BCUT2D eigenvalue weighted by Gasteiger charge is -2.21. The van der Waals surface area contributed by atoms with Crippen LogP contribution in [0, 0.1) is 0 Å². The quantitative estimate of drug-likeness (QED) is 0.254. The Bertz CT molecular complexity index is 1430. The Kier molecular flexibility index (Phi) is 6.37. The average Bonchev–Trinajstić information content (AvgIpc) is 3.64. The predicted molar refractivity (Wildman–Crippen MR) is 132 cm³/mol. The van der Waals surface area contributed by atoms with Crippen LogP contribution in [0.2, 0.25) is 0 Å². The molecule has 4 aromatic rings. The zero-order chi connectivity index (χ0) is 26.0. The second kappa shape index (κ2) is 9.65. The normalized spacial score (nSPS) is 14.2. The second-order valence-corrected chi connectivity index (χ2v) is 8.64. The summed E-state index contributed by atoms with van der Waals surface area (Å²) in [6.45, 7) is 2.07. The minimum atomic E-state index is -4.80. The first-order chi connectivity index (χ1) is 17.8. The van der Waals surface area contributed by atoms with Crippen LogP contribution >= 0.6 is 0 Å². The number of nitrogens with zero attached hydrogens (tertiary/aromatic N) is 1. The molecule has 3 aromatic carbocycles. The molecule has 0 aliphatic heterocycles. The van der Waals surface area contributed by atoms with Gasteiger partial charge in [0.2, 0.25) is 0 Å². The van der Waals surface area contributed by atoms with Crippen LogP contribution in [0.4, 0.5) is 19.0 Å². The number of aromatic nitrogens is 1. The first kappa shape index (κ1) is 24.4. The molecule has 1 saturated carbocycles. The van der Waals surface area contributed by atoms with E-state index >= 15 is 0 Å². The Balaban J connectivity index is 1.44. The van der Waals surface area contributed by atoms with Gasteiger partial charge in [-0.2, -0.15) is 0 Å². The van der Waals surface area contributed by atoms with E-state index in [1.807, 2.05) is 24.3 Å². The number of carbonyl (C=O) groups excluding carboxylic acids is 1. The Morgan fingerprint density at radius 1 is 1.00 bits per heavy atom. The molecule has 0 spiro atoms. The number of fused-ring (bicyclic) bond motifs is 1. The van der Waals surface area contributed by atoms with Crippen molar-refractivity contribution in [2.24, 2.45) is 0 Å². The topological polar surface area (TPSA) is 69.7 Å². The van der Waals surface area contributed by atoms with Crippen molar-refractivity contribution in [1.82, 2.24) is 4.98 Å². The summed E-state index contributed by atoms with van der Waals surface area (Å²) in [6.07, 6.45) is -1.38. The fraction of sp³-hybridized carbons (Fsp3) is 0.214. The molecule has 0 amide bonds. The summed E-state index contributed by atoms with van der Waals surface area (Å²) in [6, 6.07) is 20.0. The van der Waals surface area contributed by atoms with Crippen LogP contribution in [0.25, 0.3) is 10.8 Å². The van der Waals surface area contributed by atoms with Crippen LogP contribution in [0.3, 0.4) is 0 Å². The van der Waals surface area contributed by atoms with Gasteiger partial charge in [0.15, 0.2) is 0 Å².